The number of alkyl halides is 3. The van der Waals surface area contributed by atoms with Crippen molar-refractivity contribution in [3.8, 4) is 5.75 Å². The summed E-state index contributed by atoms with van der Waals surface area (Å²) >= 11 is 1.21. The smallest absolute Gasteiger partial charge is 0.404 e. The van der Waals surface area contributed by atoms with Crippen LogP contribution in [0.1, 0.15) is 5.56 Å². The van der Waals surface area contributed by atoms with Crippen molar-refractivity contribution in [2.75, 3.05) is 0 Å². The maximum absolute atomic E-state index is 12.0. The maximum Gasteiger partial charge on any atom is 0.573 e. The number of rotatable bonds is 1. The second-order valence-electron chi connectivity index (χ2n) is 2.98. The van der Waals surface area contributed by atoms with Crippen LogP contribution in [0.2, 0.25) is 0 Å². The van der Waals surface area contributed by atoms with Gasteiger partial charge in [0.2, 0.25) is 0 Å². The maximum atomic E-state index is 12.0. The molecule has 0 fully saturated rings. The first-order valence-corrected chi connectivity index (χ1v) is 4.92. The first-order chi connectivity index (χ1) is 6.96. The van der Waals surface area contributed by atoms with Gasteiger partial charge in [-0.2, -0.15) is 0 Å². The normalized spacial score (nSPS) is 12.0. The summed E-state index contributed by atoms with van der Waals surface area (Å²) in [6.07, 6.45) is -4.65. The summed E-state index contributed by atoms with van der Waals surface area (Å²) in [7, 11) is 0. The molecule has 0 atom stereocenters. The molecule has 0 N–H and O–H groups in total. The van der Waals surface area contributed by atoms with Crippen LogP contribution in [0.25, 0.3) is 10.1 Å². The first-order valence-electron chi connectivity index (χ1n) is 4.05. The Labute approximate surface area is 88.1 Å². The minimum atomic E-state index is -4.65. The van der Waals surface area contributed by atoms with Crippen LogP contribution in [0.3, 0.4) is 0 Å². The van der Waals surface area contributed by atoms with E-state index in [4.69, 9.17) is 0 Å². The van der Waals surface area contributed by atoms with Crippen molar-refractivity contribution in [2.24, 2.45) is 0 Å². The number of fused-ring (bicyclic) bond motifs is 1. The SMILES string of the molecule is [CH2]c1ccc2scc(OC(F)(F)F)c2c1. The van der Waals surface area contributed by atoms with Crippen LogP contribution in [-0.4, -0.2) is 6.36 Å². The van der Waals surface area contributed by atoms with Gasteiger partial charge >= 0.3 is 6.36 Å². The molecule has 0 unspecified atom stereocenters. The summed E-state index contributed by atoms with van der Waals surface area (Å²) in [5.41, 5.74) is 0.660. The number of hydrogen-bond acceptors (Lipinski definition) is 2. The molecule has 5 heteroatoms. The van der Waals surface area contributed by atoms with E-state index in [1.54, 1.807) is 18.2 Å². The van der Waals surface area contributed by atoms with Crippen molar-refractivity contribution in [3.63, 3.8) is 0 Å². The zero-order chi connectivity index (χ0) is 11.1. The monoisotopic (exact) mass is 231 g/mol. The fraction of sp³-hybridized carbons (Fsp3) is 0.100. The van der Waals surface area contributed by atoms with Crippen molar-refractivity contribution in [1.29, 1.82) is 0 Å². The molecule has 15 heavy (non-hydrogen) atoms. The molecule has 1 nitrogen and oxygen atoms in total. The molecule has 0 saturated carbocycles. The highest BCUT2D eigenvalue weighted by Crippen LogP contribution is 2.35. The lowest BCUT2D eigenvalue weighted by Gasteiger charge is -2.07. The van der Waals surface area contributed by atoms with Gasteiger partial charge in [0.15, 0.2) is 0 Å². The molecule has 79 valence electrons. The summed E-state index contributed by atoms with van der Waals surface area (Å²) in [4.78, 5) is 0. The van der Waals surface area contributed by atoms with Crippen molar-refractivity contribution in [1.82, 2.24) is 0 Å². The second-order valence-corrected chi connectivity index (χ2v) is 3.89. The minimum absolute atomic E-state index is 0.159. The van der Waals surface area contributed by atoms with Crippen molar-refractivity contribution >= 4 is 21.4 Å². The van der Waals surface area contributed by atoms with E-state index in [0.29, 0.717) is 10.9 Å². The molecule has 2 rings (SSSR count). The molecule has 0 aliphatic heterocycles. The summed E-state index contributed by atoms with van der Waals surface area (Å²) in [5.74, 6) is -0.159. The lowest BCUT2D eigenvalue weighted by Crippen LogP contribution is -2.16. The molecule has 0 aliphatic carbocycles. The summed E-state index contributed by atoms with van der Waals surface area (Å²) < 4.78 is 40.7. The molecule has 0 spiro atoms. The van der Waals surface area contributed by atoms with Crippen molar-refractivity contribution < 1.29 is 17.9 Å². The van der Waals surface area contributed by atoms with E-state index < -0.39 is 6.36 Å². The van der Waals surface area contributed by atoms with Gasteiger partial charge in [0.1, 0.15) is 5.75 Å². The fourth-order valence-corrected chi connectivity index (χ4v) is 2.10. The highest BCUT2D eigenvalue weighted by molar-refractivity contribution is 7.17. The van der Waals surface area contributed by atoms with E-state index >= 15 is 0 Å². The Morgan fingerprint density at radius 3 is 2.67 bits per heavy atom. The highest BCUT2D eigenvalue weighted by atomic mass is 32.1. The first kappa shape index (κ1) is 10.3. The van der Waals surface area contributed by atoms with Crippen LogP contribution in [0.5, 0.6) is 5.75 Å². The van der Waals surface area contributed by atoms with Crippen molar-refractivity contribution in [3.05, 3.63) is 36.1 Å². The van der Waals surface area contributed by atoms with Crippen molar-refractivity contribution in [2.45, 2.75) is 6.36 Å². The molecule has 1 radical (unpaired) electrons. The quantitative estimate of drug-likeness (QED) is 0.721. The zero-order valence-electron chi connectivity index (χ0n) is 7.47. The van der Waals surface area contributed by atoms with Gasteiger partial charge in [0, 0.05) is 15.5 Å². The minimum Gasteiger partial charge on any atom is -0.404 e. The standard InChI is InChI=1S/C10H6F3OS/c1-6-2-3-9-7(4-6)8(5-15-9)14-10(11,12)13/h2-5H,1H2. The van der Waals surface area contributed by atoms with Crippen LogP contribution in [0.4, 0.5) is 13.2 Å². The zero-order valence-corrected chi connectivity index (χ0v) is 8.28. The van der Waals surface area contributed by atoms with E-state index in [0.717, 1.165) is 4.70 Å². The molecule has 0 amide bonds. The number of ether oxygens (including phenoxy) is 1. The average Bonchev–Trinajstić information content (AvgIpc) is 2.46. The Morgan fingerprint density at radius 2 is 2.00 bits per heavy atom. The highest BCUT2D eigenvalue weighted by Gasteiger charge is 2.32. The van der Waals surface area contributed by atoms with Crippen LogP contribution >= 0.6 is 11.3 Å². The van der Waals surface area contributed by atoms with E-state index in [9.17, 15) is 13.2 Å². The van der Waals surface area contributed by atoms with Gasteiger partial charge in [-0.3, -0.25) is 0 Å². The average molecular weight is 231 g/mol. The molecule has 0 saturated heterocycles. The summed E-state index contributed by atoms with van der Waals surface area (Å²) in [6, 6.07) is 5.05. The number of hydrogen-bond donors (Lipinski definition) is 0. The fourth-order valence-electron chi connectivity index (χ4n) is 1.26. The third-order valence-electron chi connectivity index (χ3n) is 1.83. The molecule has 0 aliphatic rings. The Balaban J connectivity index is 2.48. The van der Waals surface area contributed by atoms with E-state index in [1.807, 2.05) is 0 Å². The van der Waals surface area contributed by atoms with Gasteiger partial charge in [0.05, 0.1) is 0 Å². The molecule has 1 aromatic carbocycles. The third kappa shape index (κ3) is 2.23. The van der Waals surface area contributed by atoms with Gasteiger partial charge in [-0.1, -0.05) is 6.07 Å². The third-order valence-corrected chi connectivity index (χ3v) is 2.77. The topological polar surface area (TPSA) is 9.23 Å². The van der Waals surface area contributed by atoms with Crippen LogP contribution in [-0.2, 0) is 0 Å². The summed E-state index contributed by atoms with van der Waals surface area (Å²) in [5, 5.41) is 1.79. The molecule has 2 aromatic rings. The Kier molecular flexibility index (Phi) is 2.34. The number of benzene rings is 1. The number of thiophene rings is 1. The molecular formula is C10H6F3OS. The Morgan fingerprint density at radius 1 is 1.27 bits per heavy atom. The van der Waals surface area contributed by atoms with E-state index in [2.05, 4.69) is 11.7 Å². The predicted octanol–water partition coefficient (Wildman–Crippen LogP) is 3.98. The van der Waals surface area contributed by atoms with Gasteiger partial charge < -0.3 is 4.74 Å². The van der Waals surface area contributed by atoms with E-state index in [1.165, 1.54) is 16.7 Å². The summed E-state index contributed by atoms with van der Waals surface area (Å²) in [6.45, 7) is 3.66. The van der Waals surface area contributed by atoms with Gasteiger partial charge in [0.25, 0.3) is 0 Å². The van der Waals surface area contributed by atoms with Crippen LogP contribution in [0.15, 0.2) is 23.6 Å². The number of halogens is 3. The largest absolute Gasteiger partial charge is 0.573 e. The Bertz CT molecular complexity index is 487. The lowest BCUT2D eigenvalue weighted by molar-refractivity contribution is -0.274. The van der Waals surface area contributed by atoms with Gasteiger partial charge in [-0.15, -0.1) is 24.5 Å². The molecule has 0 bridgehead atoms. The molecule has 1 aromatic heterocycles. The molecule has 1 heterocycles. The van der Waals surface area contributed by atoms with Crippen LogP contribution in [0, 0.1) is 6.92 Å². The predicted molar refractivity (Wildman–Crippen MR) is 53.0 cm³/mol. The molecular weight excluding hydrogens is 225 g/mol. The van der Waals surface area contributed by atoms with Gasteiger partial charge in [-0.05, 0) is 24.6 Å². The van der Waals surface area contributed by atoms with Gasteiger partial charge in [-0.25, -0.2) is 0 Å². The van der Waals surface area contributed by atoms with Crippen LogP contribution < -0.4 is 4.74 Å². The Hall–Kier alpha value is -1.23. The lowest BCUT2D eigenvalue weighted by atomic mass is 10.2. The second kappa shape index (κ2) is 3.41. The van der Waals surface area contributed by atoms with E-state index in [-0.39, 0.29) is 5.75 Å².